The van der Waals surface area contributed by atoms with Gasteiger partial charge in [-0.3, -0.25) is 9.69 Å². The number of piperazine rings is 1. The summed E-state index contributed by atoms with van der Waals surface area (Å²) >= 11 is 12.2. The second-order valence-electron chi connectivity index (χ2n) is 6.92. The predicted octanol–water partition coefficient (Wildman–Crippen LogP) is 4.00. The van der Waals surface area contributed by atoms with E-state index < -0.39 is 0 Å². The Bertz CT molecular complexity index is 823. The van der Waals surface area contributed by atoms with Gasteiger partial charge < -0.3 is 15.0 Å². The number of halogens is 2. The highest BCUT2D eigenvalue weighted by Gasteiger charge is 2.21. The summed E-state index contributed by atoms with van der Waals surface area (Å²) in [6.07, 6.45) is 0. The normalized spacial score (nSPS) is 15.9. The molecule has 1 aliphatic heterocycles. The lowest BCUT2D eigenvalue weighted by atomic mass is 10.1. The maximum absolute atomic E-state index is 12.5. The fraction of sp³-hybridized carbons (Fsp3) is 0.381. The third-order valence-corrected chi connectivity index (χ3v) is 5.53. The minimum absolute atomic E-state index is 0.00616. The zero-order chi connectivity index (χ0) is 20.1. The molecule has 1 aliphatic rings. The van der Waals surface area contributed by atoms with E-state index in [0.29, 0.717) is 16.6 Å². The Labute approximate surface area is 176 Å². The topological polar surface area (TPSA) is 44.8 Å². The molecule has 0 saturated carbocycles. The molecule has 0 unspecified atom stereocenters. The summed E-state index contributed by atoms with van der Waals surface area (Å²) in [6, 6.07) is 13.2. The monoisotopic (exact) mass is 421 g/mol. The highest BCUT2D eigenvalue weighted by atomic mass is 35.5. The highest BCUT2D eigenvalue weighted by molar-refractivity contribution is 6.35. The van der Waals surface area contributed by atoms with Gasteiger partial charge in [-0.15, -0.1) is 0 Å². The molecule has 0 radical (unpaired) electrons. The number of hydrogen-bond donors (Lipinski definition) is 1. The van der Waals surface area contributed by atoms with Gasteiger partial charge in [-0.1, -0.05) is 35.3 Å². The van der Waals surface area contributed by atoms with Gasteiger partial charge >= 0.3 is 0 Å². The molecule has 0 aromatic heterocycles. The van der Waals surface area contributed by atoms with Crippen LogP contribution in [0.1, 0.15) is 18.5 Å². The molecule has 1 saturated heterocycles. The summed E-state index contributed by atoms with van der Waals surface area (Å²) in [5.74, 6) is 0.850. The van der Waals surface area contributed by atoms with E-state index in [2.05, 4.69) is 21.2 Å². The van der Waals surface area contributed by atoms with Gasteiger partial charge in [-0.25, -0.2) is 0 Å². The van der Waals surface area contributed by atoms with Crippen LogP contribution >= 0.6 is 23.2 Å². The fourth-order valence-electron chi connectivity index (χ4n) is 3.39. The van der Waals surface area contributed by atoms with Gasteiger partial charge in [0.25, 0.3) is 0 Å². The predicted molar refractivity (Wildman–Crippen MR) is 115 cm³/mol. The fourth-order valence-corrected chi connectivity index (χ4v) is 3.96. The molecule has 2 aromatic rings. The van der Waals surface area contributed by atoms with Crippen LogP contribution in [0.2, 0.25) is 10.0 Å². The lowest BCUT2D eigenvalue weighted by Gasteiger charge is -2.36. The number of rotatable bonds is 6. The van der Waals surface area contributed by atoms with Crippen LogP contribution < -0.4 is 15.0 Å². The molecule has 7 heteroatoms. The molecule has 1 N–H and O–H groups in total. The average Bonchev–Trinajstić information content (AvgIpc) is 2.68. The number of methoxy groups -OCH3 is 1. The zero-order valence-corrected chi connectivity index (χ0v) is 17.6. The maximum atomic E-state index is 12.5. The molecule has 1 heterocycles. The van der Waals surface area contributed by atoms with Crippen molar-refractivity contribution in [3.63, 3.8) is 0 Å². The Morgan fingerprint density at radius 2 is 1.89 bits per heavy atom. The molecule has 1 fully saturated rings. The number of nitrogens with zero attached hydrogens (tertiary/aromatic N) is 2. The van der Waals surface area contributed by atoms with Crippen molar-refractivity contribution in [3.05, 3.63) is 58.1 Å². The third kappa shape index (κ3) is 5.31. The van der Waals surface area contributed by atoms with Crippen LogP contribution in [0.25, 0.3) is 0 Å². The first kappa shape index (κ1) is 20.8. The number of carbonyl (C=O) groups excluding carboxylic acids is 1. The van der Waals surface area contributed by atoms with Gasteiger partial charge in [0.15, 0.2) is 0 Å². The molecular weight excluding hydrogens is 397 g/mol. The molecule has 150 valence electrons. The van der Waals surface area contributed by atoms with Crippen LogP contribution in [-0.4, -0.2) is 50.6 Å². The van der Waals surface area contributed by atoms with Gasteiger partial charge in [-0.2, -0.15) is 0 Å². The Morgan fingerprint density at radius 3 is 2.57 bits per heavy atom. The van der Waals surface area contributed by atoms with E-state index in [-0.39, 0.29) is 11.9 Å². The average molecular weight is 422 g/mol. The number of amides is 1. The van der Waals surface area contributed by atoms with Crippen molar-refractivity contribution in [3.8, 4) is 5.75 Å². The molecular formula is C21H25Cl2N3O2. The maximum Gasteiger partial charge on any atom is 0.234 e. The Morgan fingerprint density at radius 1 is 1.14 bits per heavy atom. The number of benzene rings is 2. The summed E-state index contributed by atoms with van der Waals surface area (Å²) in [7, 11) is 1.67. The van der Waals surface area contributed by atoms with Crippen LogP contribution in [0.15, 0.2) is 42.5 Å². The lowest BCUT2D eigenvalue weighted by molar-refractivity contribution is -0.123. The summed E-state index contributed by atoms with van der Waals surface area (Å²) in [5.41, 5.74) is 2.01. The molecule has 5 nitrogen and oxygen atoms in total. The molecule has 2 aromatic carbocycles. The van der Waals surface area contributed by atoms with Gasteiger partial charge in [0.05, 0.1) is 19.7 Å². The smallest absolute Gasteiger partial charge is 0.234 e. The molecule has 1 amide bonds. The highest BCUT2D eigenvalue weighted by Crippen LogP contribution is 2.26. The molecule has 3 rings (SSSR count). The number of ether oxygens (including phenoxy) is 1. The molecule has 28 heavy (non-hydrogen) atoms. The van der Waals surface area contributed by atoms with E-state index in [0.717, 1.165) is 43.2 Å². The van der Waals surface area contributed by atoms with E-state index in [1.165, 1.54) is 0 Å². The Kier molecular flexibility index (Phi) is 7.05. The van der Waals surface area contributed by atoms with E-state index >= 15 is 0 Å². The van der Waals surface area contributed by atoms with Crippen molar-refractivity contribution in [1.82, 2.24) is 10.2 Å². The molecule has 0 bridgehead atoms. The van der Waals surface area contributed by atoms with Crippen LogP contribution in [0.5, 0.6) is 5.75 Å². The minimum Gasteiger partial charge on any atom is -0.497 e. The second-order valence-corrected chi connectivity index (χ2v) is 7.76. The summed E-state index contributed by atoms with van der Waals surface area (Å²) < 4.78 is 5.30. The number of hydrogen-bond acceptors (Lipinski definition) is 4. The third-order valence-electron chi connectivity index (χ3n) is 4.96. The summed E-state index contributed by atoms with van der Waals surface area (Å²) in [5, 5.41) is 4.17. The standard InChI is InChI=1S/C21H25Cl2N3O2/c1-15(19-7-6-16(22)12-20(19)23)24-21(27)14-25-8-10-26(11-9-25)17-4-3-5-18(13-17)28-2/h3-7,12-13,15H,8-11,14H2,1-2H3,(H,24,27)/t15-/m0/s1. The second kappa shape index (κ2) is 9.50. The van der Waals surface area contributed by atoms with Crippen molar-refractivity contribution in [2.24, 2.45) is 0 Å². The van der Waals surface area contributed by atoms with Crippen molar-refractivity contribution in [1.29, 1.82) is 0 Å². The van der Waals surface area contributed by atoms with Crippen molar-refractivity contribution >= 4 is 34.8 Å². The first-order chi connectivity index (χ1) is 13.5. The van der Waals surface area contributed by atoms with E-state index in [1.807, 2.05) is 31.2 Å². The Balaban J connectivity index is 1.49. The summed E-state index contributed by atoms with van der Waals surface area (Å²) in [4.78, 5) is 16.9. The van der Waals surface area contributed by atoms with Gasteiger partial charge in [0.2, 0.25) is 5.91 Å². The van der Waals surface area contributed by atoms with Crippen LogP contribution in [-0.2, 0) is 4.79 Å². The first-order valence-electron chi connectivity index (χ1n) is 9.32. The molecule has 1 atom stereocenters. The van der Waals surface area contributed by atoms with Crippen molar-refractivity contribution < 1.29 is 9.53 Å². The SMILES string of the molecule is COc1cccc(N2CCN(CC(=O)N[C@@H](C)c3ccc(Cl)cc3Cl)CC2)c1. The lowest BCUT2D eigenvalue weighted by Crippen LogP contribution is -2.49. The summed E-state index contributed by atoms with van der Waals surface area (Å²) in [6.45, 7) is 5.72. The molecule has 0 spiro atoms. The quantitative estimate of drug-likeness (QED) is 0.765. The number of carbonyl (C=O) groups is 1. The van der Waals surface area contributed by atoms with Crippen molar-refractivity contribution in [2.75, 3.05) is 44.7 Å². The zero-order valence-electron chi connectivity index (χ0n) is 16.1. The van der Waals surface area contributed by atoms with Crippen LogP contribution in [0, 0.1) is 0 Å². The Hall–Kier alpha value is -1.95. The van der Waals surface area contributed by atoms with Gasteiger partial charge in [-0.05, 0) is 36.8 Å². The van der Waals surface area contributed by atoms with E-state index in [9.17, 15) is 4.79 Å². The van der Waals surface area contributed by atoms with Crippen molar-refractivity contribution in [2.45, 2.75) is 13.0 Å². The van der Waals surface area contributed by atoms with E-state index in [4.69, 9.17) is 27.9 Å². The largest absolute Gasteiger partial charge is 0.497 e. The van der Waals surface area contributed by atoms with E-state index in [1.54, 1.807) is 19.2 Å². The number of anilines is 1. The number of nitrogens with one attached hydrogen (secondary N) is 1. The first-order valence-corrected chi connectivity index (χ1v) is 10.1. The van der Waals surface area contributed by atoms with Crippen LogP contribution in [0.3, 0.4) is 0 Å². The molecule has 0 aliphatic carbocycles. The minimum atomic E-state index is -0.171. The van der Waals surface area contributed by atoms with Gasteiger partial charge in [0, 0.05) is 48.0 Å². The van der Waals surface area contributed by atoms with Crippen LogP contribution in [0.4, 0.5) is 5.69 Å². The van der Waals surface area contributed by atoms with Gasteiger partial charge in [0.1, 0.15) is 5.75 Å².